The molecular weight excluding hydrogens is 433 g/mol. The zero-order valence-corrected chi connectivity index (χ0v) is 18.9. The number of hydrogen-bond acceptors (Lipinski definition) is 4. The molecule has 1 aliphatic rings. The second-order valence-corrected chi connectivity index (χ2v) is 9.18. The van der Waals surface area contributed by atoms with Gasteiger partial charge in [0.1, 0.15) is 5.82 Å². The fraction of sp³-hybridized carbons (Fsp3) is 0.185. The number of fused-ring (bicyclic) bond motifs is 1. The smallest absolute Gasteiger partial charge is 0.255 e. The molecule has 1 saturated heterocycles. The molecule has 3 aromatic carbocycles. The average Bonchev–Trinajstić information content (AvgIpc) is 3.15. The number of benzene rings is 3. The van der Waals surface area contributed by atoms with Crippen molar-refractivity contribution in [3.8, 4) is 11.3 Å². The van der Waals surface area contributed by atoms with Gasteiger partial charge in [0.25, 0.3) is 5.91 Å². The molecule has 5 rings (SSSR count). The van der Waals surface area contributed by atoms with Gasteiger partial charge in [-0.3, -0.25) is 9.78 Å². The third-order valence-corrected chi connectivity index (χ3v) is 7.00. The van der Waals surface area contributed by atoms with Crippen molar-refractivity contribution in [2.24, 2.45) is 0 Å². The fourth-order valence-corrected chi connectivity index (χ4v) is 5.16. The lowest BCUT2D eigenvalue weighted by Crippen LogP contribution is -2.15. The Morgan fingerprint density at radius 1 is 0.970 bits per heavy atom. The van der Waals surface area contributed by atoms with Crippen molar-refractivity contribution in [3.63, 3.8) is 0 Å². The highest BCUT2D eigenvalue weighted by Crippen LogP contribution is 2.31. The number of aromatic nitrogens is 1. The van der Waals surface area contributed by atoms with E-state index < -0.39 is 0 Å². The Morgan fingerprint density at radius 3 is 2.70 bits per heavy atom. The van der Waals surface area contributed by atoms with Crippen molar-refractivity contribution in [2.45, 2.75) is 19.3 Å². The molecule has 2 heterocycles. The van der Waals surface area contributed by atoms with Gasteiger partial charge in [-0.05, 0) is 78.7 Å². The first-order valence-corrected chi connectivity index (χ1v) is 12.1. The molecule has 0 radical (unpaired) electrons. The lowest BCUT2D eigenvalue weighted by atomic mass is 10.0. The van der Waals surface area contributed by atoms with Crippen LogP contribution < -0.4 is 9.62 Å². The Morgan fingerprint density at radius 2 is 1.82 bits per heavy atom. The van der Waals surface area contributed by atoms with Crippen LogP contribution in [0.25, 0.3) is 22.0 Å². The minimum Gasteiger partial charge on any atom is -0.322 e. The summed E-state index contributed by atoms with van der Waals surface area (Å²) >= 11 is 1.85. The molecule has 4 nitrogen and oxygen atoms in total. The quantitative estimate of drug-likeness (QED) is 0.338. The molecular formula is C27H24FN3OS. The topological polar surface area (TPSA) is 45.2 Å². The van der Waals surface area contributed by atoms with Crippen LogP contribution in [0.15, 0.2) is 79.0 Å². The molecule has 0 saturated carbocycles. The number of carbonyl (C=O) groups excluding carboxylic acids is 1. The summed E-state index contributed by atoms with van der Waals surface area (Å²) in [5, 5.41) is 4.75. The van der Waals surface area contributed by atoms with E-state index in [-0.39, 0.29) is 11.7 Å². The summed E-state index contributed by atoms with van der Waals surface area (Å²) in [5.74, 6) is 0.519. The van der Waals surface area contributed by atoms with E-state index in [9.17, 15) is 9.18 Å². The summed E-state index contributed by atoms with van der Waals surface area (Å²) in [7, 11) is 0. The molecule has 0 unspecified atom stereocenters. The molecule has 1 amide bonds. The molecule has 0 spiro atoms. The predicted octanol–water partition coefficient (Wildman–Crippen LogP) is 6.93. The van der Waals surface area contributed by atoms with Gasteiger partial charge in [0, 0.05) is 46.4 Å². The molecule has 0 aliphatic carbocycles. The summed E-state index contributed by atoms with van der Waals surface area (Å²) in [6.07, 6.45) is 5.37. The van der Waals surface area contributed by atoms with Crippen LogP contribution in [0.3, 0.4) is 0 Å². The Kier molecular flexibility index (Phi) is 6.26. The molecule has 0 bridgehead atoms. The lowest BCUT2D eigenvalue weighted by Gasteiger charge is -2.21. The molecule has 1 N–H and O–H groups in total. The molecule has 1 fully saturated rings. The van der Waals surface area contributed by atoms with E-state index in [1.165, 1.54) is 25.3 Å². The van der Waals surface area contributed by atoms with Crippen LogP contribution in [-0.2, 0) is 0 Å². The molecule has 166 valence electrons. The van der Waals surface area contributed by atoms with Gasteiger partial charge >= 0.3 is 0 Å². The number of nitrogens with zero attached hydrogens (tertiary/aromatic N) is 2. The van der Waals surface area contributed by atoms with Crippen LogP contribution in [0.4, 0.5) is 15.8 Å². The fourth-order valence-electron chi connectivity index (χ4n) is 4.08. The zero-order chi connectivity index (χ0) is 22.6. The van der Waals surface area contributed by atoms with E-state index in [4.69, 9.17) is 0 Å². The zero-order valence-electron chi connectivity index (χ0n) is 18.1. The highest BCUT2D eigenvalue weighted by atomic mass is 32.2. The van der Waals surface area contributed by atoms with E-state index in [2.05, 4.69) is 14.6 Å². The van der Waals surface area contributed by atoms with Crippen LogP contribution in [0.1, 0.15) is 29.6 Å². The Labute approximate surface area is 197 Å². The molecule has 1 aromatic heterocycles. The molecule has 0 atom stereocenters. The predicted molar refractivity (Wildman–Crippen MR) is 135 cm³/mol. The van der Waals surface area contributed by atoms with Crippen molar-refractivity contribution < 1.29 is 9.18 Å². The number of amides is 1. The number of anilines is 2. The van der Waals surface area contributed by atoms with Gasteiger partial charge < -0.3 is 9.62 Å². The molecule has 6 heteroatoms. The maximum Gasteiger partial charge on any atom is 0.255 e. The molecule has 33 heavy (non-hydrogen) atoms. The van der Waals surface area contributed by atoms with Gasteiger partial charge in [0.2, 0.25) is 0 Å². The average molecular weight is 458 g/mol. The number of rotatable bonds is 4. The number of pyridine rings is 1. The monoisotopic (exact) mass is 457 g/mol. The van der Waals surface area contributed by atoms with E-state index in [1.54, 1.807) is 18.3 Å². The first-order valence-electron chi connectivity index (χ1n) is 11.1. The van der Waals surface area contributed by atoms with Crippen LogP contribution in [0.2, 0.25) is 0 Å². The van der Waals surface area contributed by atoms with Crippen LogP contribution >= 0.6 is 11.9 Å². The van der Waals surface area contributed by atoms with Gasteiger partial charge in [0.15, 0.2) is 0 Å². The van der Waals surface area contributed by atoms with E-state index >= 15 is 0 Å². The van der Waals surface area contributed by atoms with Crippen LogP contribution in [-0.4, -0.2) is 23.2 Å². The largest absolute Gasteiger partial charge is 0.322 e. The van der Waals surface area contributed by atoms with Crippen molar-refractivity contribution in [1.82, 2.24) is 4.98 Å². The maximum absolute atomic E-state index is 14.7. The van der Waals surface area contributed by atoms with E-state index in [0.717, 1.165) is 28.8 Å². The van der Waals surface area contributed by atoms with Crippen molar-refractivity contribution in [3.05, 3.63) is 90.4 Å². The third kappa shape index (κ3) is 4.71. The van der Waals surface area contributed by atoms with Gasteiger partial charge in [-0.1, -0.05) is 30.7 Å². The normalized spacial score (nSPS) is 14.2. The van der Waals surface area contributed by atoms with Gasteiger partial charge in [-0.15, -0.1) is 0 Å². The maximum atomic E-state index is 14.7. The molecule has 1 aliphatic heterocycles. The number of nitrogens with one attached hydrogen (secondary N) is 1. The number of halogens is 1. The minimum atomic E-state index is -0.379. The highest BCUT2D eigenvalue weighted by Gasteiger charge is 2.15. The van der Waals surface area contributed by atoms with Crippen molar-refractivity contribution in [2.75, 3.05) is 21.9 Å². The minimum absolute atomic E-state index is 0.228. The first-order chi connectivity index (χ1) is 16.2. The number of carbonyl (C=O) groups is 1. The second kappa shape index (κ2) is 9.63. The summed E-state index contributed by atoms with van der Waals surface area (Å²) in [6, 6.07) is 21.9. The first kappa shape index (κ1) is 21.5. The SMILES string of the molecule is O=C(Nc1ccc(F)c(-c2nccc3ccccc23)c1)c1ccc(N2CCCCCS2)cc1. The molecule has 4 aromatic rings. The van der Waals surface area contributed by atoms with Crippen molar-refractivity contribution >= 4 is 40.0 Å². The lowest BCUT2D eigenvalue weighted by molar-refractivity contribution is 0.102. The van der Waals surface area contributed by atoms with Crippen LogP contribution in [0.5, 0.6) is 0 Å². The number of hydrogen-bond donors (Lipinski definition) is 1. The van der Waals surface area contributed by atoms with E-state index in [0.29, 0.717) is 22.5 Å². The van der Waals surface area contributed by atoms with Gasteiger partial charge in [-0.25, -0.2) is 4.39 Å². The standard InChI is InChI=1S/C27H24FN3OS/c28-25-13-10-21(18-24(25)26-23-7-3-2-6-19(23)14-15-29-26)30-27(32)20-8-11-22(12-9-20)31-16-4-1-5-17-33-31/h2-3,6-15,18H,1,4-5,16-17H2,(H,30,32). The summed E-state index contributed by atoms with van der Waals surface area (Å²) in [4.78, 5) is 17.3. The van der Waals surface area contributed by atoms with Crippen LogP contribution in [0, 0.1) is 5.82 Å². The van der Waals surface area contributed by atoms with Gasteiger partial charge in [-0.2, -0.15) is 0 Å². The Bertz CT molecular complexity index is 1280. The summed E-state index contributed by atoms with van der Waals surface area (Å²) in [5.41, 5.74) is 3.12. The highest BCUT2D eigenvalue weighted by molar-refractivity contribution is 8.00. The Balaban J connectivity index is 1.37. The summed E-state index contributed by atoms with van der Waals surface area (Å²) in [6.45, 7) is 1.02. The van der Waals surface area contributed by atoms with E-state index in [1.807, 2.05) is 66.5 Å². The Hall–Kier alpha value is -3.38. The van der Waals surface area contributed by atoms with Gasteiger partial charge in [0.05, 0.1) is 5.69 Å². The summed E-state index contributed by atoms with van der Waals surface area (Å²) < 4.78 is 17.0. The van der Waals surface area contributed by atoms with Crippen molar-refractivity contribution in [1.29, 1.82) is 0 Å². The second-order valence-electron chi connectivity index (χ2n) is 8.07. The third-order valence-electron chi connectivity index (χ3n) is 5.82.